The maximum Gasteiger partial charge on any atom is 0.255 e. The molecule has 3 aromatic rings. The Labute approximate surface area is 228 Å². The fourth-order valence-corrected chi connectivity index (χ4v) is 4.89. The molecule has 0 aliphatic carbocycles. The SMILES string of the molecule is CCCCCCCCCCCCCCCCNC(=O)c1cc(Oc2ccccc2N)c2ccccc2c1O. The Kier molecular flexibility index (Phi) is 12.8. The Bertz CT molecular complexity index is 1130. The van der Waals surface area contributed by atoms with Gasteiger partial charge in [0.2, 0.25) is 0 Å². The molecule has 0 heterocycles. The van der Waals surface area contributed by atoms with E-state index in [4.69, 9.17) is 10.5 Å². The molecule has 0 aromatic heterocycles. The monoisotopic (exact) mass is 518 g/mol. The molecule has 0 saturated heterocycles. The summed E-state index contributed by atoms with van der Waals surface area (Å²) in [6, 6.07) is 16.2. The van der Waals surface area contributed by atoms with E-state index >= 15 is 0 Å². The first-order chi connectivity index (χ1) is 18.6. The smallest absolute Gasteiger partial charge is 0.255 e. The molecule has 0 saturated carbocycles. The van der Waals surface area contributed by atoms with Gasteiger partial charge in [-0.15, -0.1) is 0 Å². The Balaban J connectivity index is 1.39. The Morgan fingerprint density at radius 3 is 1.87 bits per heavy atom. The van der Waals surface area contributed by atoms with Crippen molar-refractivity contribution in [2.75, 3.05) is 12.3 Å². The molecule has 1 amide bonds. The zero-order valence-electron chi connectivity index (χ0n) is 23.1. The number of phenolic OH excluding ortho intramolecular Hbond substituents is 1. The molecule has 0 radical (unpaired) electrons. The number of para-hydroxylation sites is 2. The summed E-state index contributed by atoms with van der Waals surface area (Å²) in [6.07, 6.45) is 18.2. The highest BCUT2D eigenvalue weighted by Gasteiger charge is 2.18. The second kappa shape index (κ2) is 16.6. The zero-order chi connectivity index (χ0) is 27.0. The van der Waals surface area contributed by atoms with Crippen LogP contribution in [-0.2, 0) is 0 Å². The number of benzene rings is 3. The van der Waals surface area contributed by atoms with Gasteiger partial charge in [0.05, 0.1) is 11.3 Å². The maximum absolute atomic E-state index is 13.0. The number of hydrogen-bond donors (Lipinski definition) is 3. The van der Waals surface area contributed by atoms with E-state index in [0.29, 0.717) is 29.1 Å². The lowest BCUT2D eigenvalue weighted by molar-refractivity contribution is 0.0950. The number of phenols is 1. The molecule has 0 aliphatic heterocycles. The van der Waals surface area contributed by atoms with Gasteiger partial charge in [0.25, 0.3) is 5.91 Å². The normalized spacial score (nSPS) is 11.1. The minimum absolute atomic E-state index is 0.0348. The second-order valence-corrected chi connectivity index (χ2v) is 10.3. The van der Waals surface area contributed by atoms with Crippen molar-refractivity contribution >= 4 is 22.4 Å². The number of carbonyl (C=O) groups excluding carboxylic acids is 1. The summed E-state index contributed by atoms with van der Waals surface area (Å²) in [5.74, 6) is 0.663. The van der Waals surface area contributed by atoms with E-state index in [-0.39, 0.29) is 17.2 Å². The van der Waals surface area contributed by atoms with Crippen molar-refractivity contribution in [3.8, 4) is 17.2 Å². The number of ether oxygens (including phenoxy) is 1. The van der Waals surface area contributed by atoms with Crippen LogP contribution >= 0.6 is 0 Å². The molecule has 38 heavy (non-hydrogen) atoms. The van der Waals surface area contributed by atoms with Crippen molar-refractivity contribution in [1.82, 2.24) is 5.32 Å². The van der Waals surface area contributed by atoms with E-state index in [9.17, 15) is 9.90 Å². The van der Waals surface area contributed by atoms with E-state index in [1.807, 2.05) is 30.3 Å². The fourth-order valence-electron chi connectivity index (χ4n) is 4.89. The van der Waals surface area contributed by atoms with Gasteiger partial charge in [-0.05, 0) is 24.6 Å². The third-order valence-electron chi connectivity index (χ3n) is 7.18. The summed E-state index contributed by atoms with van der Waals surface area (Å²) >= 11 is 0. The second-order valence-electron chi connectivity index (χ2n) is 10.3. The highest BCUT2D eigenvalue weighted by molar-refractivity contribution is 6.06. The van der Waals surface area contributed by atoms with Crippen LogP contribution in [0.15, 0.2) is 54.6 Å². The third-order valence-corrected chi connectivity index (χ3v) is 7.18. The summed E-state index contributed by atoms with van der Waals surface area (Å²) in [5.41, 5.74) is 6.77. The number of amides is 1. The average Bonchev–Trinajstić information content (AvgIpc) is 2.93. The summed E-state index contributed by atoms with van der Waals surface area (Å²) in [5, 5.41) is 15.1. The first kappa shape index (κ1) is 29.3. The number of unbranched alkanes of at least 4 members (excludes halogenated alkanes) is 13. The lowest BCUT2D eigenvalue weighted by Gasteiger charge is -2.15. The van der Waals surface area contributed by atoms with Gasteiger partial charge in [-0.2, -0.15) is 0 Å². The van der Waals surface area contributed by atoms with Crippen molar-refractivity contribution in [2.45, 2.75) is 96.8 Å². The standard InChI is InChI=1S/C33H46N2O3/c1-2-3-4-5-6-7-8-9-10-11-12-13-14-19-24-35-33(37)28-25-31(38-30-23-18-17-22-29(30)34)26-20-15-16-21-27(26)32(28)36/h15-18,20-23,25,36H,2-14,19,24,34H2,1H3,(H,35,37). The Morgan fingerprint density at radius 2 is 1.26 bits per heavy atom. The molecular formula is C33H46N2O3. The third kappa shape index (κ3) is 9.27. The zero-order valence-corrected chi connectivity index (χ0v) is 23.1. The van der Waals surface area contributed by atoms with Crippen molar-refractivity contribution < 1.29 is 14.6 Å². The Hall–Kier alpha value is -3.21. The van der Waals surface area contributed by atoms with Crippen molar-refractivity contribution in [3.63, 3.8) is 0 Å². The van der Waals surface area contributed by atoms with Gasteiger partial charge in [0, 0.05) is 17.3 Å². The Morgan fingerprint density at radius 1 is 0.737 bits per heavy atom. The molecule has 0 fully saturated rings. The highest BCUT2D eigenvalue weighted by atomic mass is 16.5. The van der Waals surface area contributed by atoms with Crippen molar-refractivity contribution in [3.05, 3.63) is 60.2 Å². The van der Waals surface area contributed by atoms with Crippen LogP contribution in [0.5, 0.6) is 17.2 Å². The quantitative estimate of drug-likeness (QED) is 0.116. The molecule has 5 nitrogen and oxygen atoms in total. The number of aromatic hydroxyl groups is 1. The number of rotatable bonds is 18. The molecule has 0 bridgehead atoms. The lowest BCUT2D eigenvalue weighted by atomic mass is 10.0. The van der Waals surface area contributed by atoms with Crippen LogP contribution in [0.25, 0.3) is 10.8 Å². The van der Waals surface area contributed by atoms with Gasteiger partial charge >= 0.3 is 0 Å². The first-order valence-corrected chi connectivity index (χ1v) is 14.7. The largest absolute Gasteiger partial charge is 0.506 e. The molecule has 0 aliphatic rings. The van der Waals surface area contributed by atoms with Crippen LogP contribution in [0.1, 0.15) is 107 Å². The van der Waals surface area contributed by atoms with Gasteiger partial charge in [-0.25, -0.2) is 0 Å². The number of fused-ring (bicyclic) bond motifs is 1. The van der Waals surface area contributed by atoms with Gasteiger partial charge < -0.3 is 20.9 Å². The molecule has 4 N–H and O–H groups in total. The van der Waals surface area contributed by atoms with Crippen molar-refractivity contribution in [1.29, 1.82) is 0 Å². The number of nitrogens with two attached hydrogens (primary N) is 1. The predicted octanol–water partition coefficient (Wildman–Crippen LogP) is 9.13. The minimum atomic E-state index is -0.297. The molecule has 3 rings (SSSR count). The molecule has 206 valence electrons. The minimum Gasteiger partial charge on any atom is -0.506 e. The predicted molar refractivity (Wildman–Crippen MR) is 159 cm³/mol. The van der Waals surface area contributed by atoms with Crippen LogP contribution in [-0.4, -0.2) is 17.6 Å². The van der Waals surface area contributed by atoms with E-state index in [1.165, 1.54) is 77.0 Å². The van der Waals surface area contributed by atoms with Gasteiger partial charge in [0.15, 0.2) is 0 Å². The number of hydrogen-bond acceptors (Lipinski definition) is 4. The average molecular weight is 519 g/mol. The van der Waals surface area contributed by atoms with Crippen molar-refractivity contribution in [2.24, 2.45) is 0 Å². The summed E-state index contributed by atoms with van der Waals surface area (Å²) in [6.45, 7) is 2.86. The van der Waals surface area contributed by atoms with Gasteiger partial charge in [0.1, 0.15) is 17.2 Å². The lowest BCUT2D eigenvalue weighted by Crippen LogP contribution is -2.24. The molecule has 3 aromatic carbocycles. The van der Waals surface area contributed by atoms with Crippen LogP contribution in [0.3, 0.4) is 0 Å². The number of anilines is 1. The van der Waals surface area contributed by atoms with Crippen LogP contribution in [0.2, 0.25) is 0 Å². The molecule has 0 unspecified atom stereocenters. The fraction of sp³-hybridized carbons (Fsp3) is 0.485. The topological polar surface area (TPSA) is 84.6 Å². The van der Waals surface area contributed by atoms with E-state index in [2.05, 4.69) is 12.2 Å². The molecule has 0 spiro atoms. The van der Waals surface area contributed by atoms with Crippen LogP contribution < -0.4 is 15.8 Å². The number of nitrogens with one attached hydrogen (secondary N) is 1. The van der Waals surface area contributed by atoms with E-state index in [0.717, 1.165) is 18.2 Å². The molecule has 5 heteroatoms. The van der Waals surface area contributed by atoms with E-state index in [1.54, 1.807) is 24.3 Å². The highest BCUT2D eigenvalue weighted by Crippen LogP contribution is 2.39. The molecular weight excluding hydrogens is 472 g/mol. The van der Waals surface area contributed by atoms with Gasteiger partial charge in [-0.3, -0.25) is 4.79 Å². The first-order valence-electron chi connectivity index (χ1n) is 14.7. The summed E-state index contributed by atoms with van der Waals surface area (Å²) < 4.78 is 6.08. The molecule has 0 atom stereocenters. The number of nitrogen functional groups attached to an aromatic ring is 1. The number of carbonyl (C=O) groups is 1. The van der Waals surface area contributed by atoms with Gasteiger partial charge in [-0.1, -0.05) is 127 Å². The van der Waals surface area contributed by atoms with Crippen LogP contribution in [0, 0.1) is 0 Å². The summed E-state index contributed by atoms with van der Waals surface area (Å²) in [7, 11) is 0. The van der Waals surface area contributed by atoms with Crippen LogP contribution in [0.4, 0.5) is 5.69 Å². The van der Waals surface area contributed by atoms with E-state index < -0.39 is 0 Å². The maximum atomic E-state index is 13.0. The summed E-state index contributed by atoms with van der Waals surface area (Å²) in [4.78, 5) is 13.0.